The highest BCUT2D eigenvalue weighted by Crippen LogP contribution is 2.29. The van der Waals surface area contributed by atoms with Crippen molar-refractivity contribution in [1.29, 1.82) is 0 Å². The summed E-state index contributed by atoms with van der Waals surface area (Å²) in [4.78, 5) is 0.0156. The molecule has 0 bridgehead atoms. The molecule has 6 nitrogen and oxygen atoms in total. The first-order chi connectivity index (χ1) is 8.40. The number of anilines is 1. The van der Waals surface area contributed by atoms with Crippen LogP contribution in [-0.4, -0.2) is 23.7 Å². The molecule has 18 heavy (non-hydrogen) atoms. The van der Waals surface area contributed by atoms with E-state index in [4.69, 9.17) is 11.6 Å². The zero-order valence-corrected chi connectivity index (χ0v) is 10.9. The molecule has 3 N–H and O–H groups in total. The highest BCUT2D eigenvalue weighted by atomic mass is 35.5. The third-order valence-electron chi connectivity index (χ3n) is 2.28. The lowest BCUT2D eigenvalue weighted by Crippen LogP contribution is -2.13. The number of nitrogens with zero attached hydrogens (tertiary/aromatic N) is 1. The molecule has 0 unspecified atom stereocenters. The third-order valence-corrected chi connectivity index (χ3v) is 3.99. The van der Waals surface area contributed by atoms with E-state index < -0.39 is 10.0 Å². The second-order valence-corrected chi connectivity index (χ2v) is 5.71. The smallest absolute Gasteiger partial charge is 0.265 e. The number of H-pyrrole nitrogens is 1. The number of aromatic hydroxyl groups is 1. The van der Waals surface area contributed by atoms with Gasteiger partial charge in [-0.15, -0.1) is 0 Å². The Balaban J connectivity index is 2.40. The van der Waals surface area contributed by atoms with Gasteiger partial charge in [-0.3, -0.25) is 9.82 Å². The number of benzene rings is 1. The molecule has 1 aromatic carbocycles. The van der Waals surface area contributed by atoms with Crippen LogP contribution in [0.2, 0.25) is 5.02 Å². The lowest BCUT2D eigenvalue weighted by molar-refractivity contribution is 0.477. The fourth-order valence-electron chi connectivity index (χ4n) is 1.40. The number of halogens is 1. The van der Waals surface area contributed by atoms with E-state index in [1.54, 1.807) is 6.92 Å². The van der Waals surface area contributed by atoms with Gasteiger partial charge in [-0.2, -0.15) is 5.10 Å². The molecule has 0 amide bonds. The molecular formula is C10H10ClN3O3S. The van der Waals surface area contributed by atoms with Crippen molar-refractivity contribution in [3.8, 4) is 5.75 Å². The summed E-state index contributed by atoms with van der Waals surface area (Å²) in [5.41, 5.74) is 0.423. The molecule has 1 aromatic heterocycles. The Morgan fingerprint density at radius 2 is 2.17 bits per heavy atom. The highest BCUT2D eigenvalue weighted by Gasteiger charge is 2.20. The number of sulfonamides is 1. The first kappa shape index (κ1) is 12.7. The van der Waals surface area contributed by atoms with Gasteiger partial charge < -0.3 is 5.11 Å². The largest absolute Gasteiger partial charge is 0.506 e. The van der Waals surface area contributed by atoms with Crippen molar-refractivity contribution in [2.24, 2.45) is 0 Å². The summed E-state index contributed by atoms with van der Waals surface area (Å²) in [6, 6.07) is 4.09. The van der Waals surface area contributed by atoms with Crippen molar-refractivity contribution in [3.63, 3.8) is 0 Å². The number of hydrogen-bond donors (Lipinski definition) is 3. The van der Waals surface area contributed by atoms with Gasteiger partial charge in [0.05, 0.1) is 17.6 Å². The van der Waals surface area contributed by atoms with Gasteiger partial charge in [0, 0.05) is 5.02 Å². The van der Waals surface area contributed by atoms with Crippen molar-refractivity contribution < 1.29 is 13.5 Å². The number of aromatic amines is 1. The number of nitrogens with one attached hydrogen (secondary N) is 2. The molecule has 1 heterocycles. The maximum absolute atomic E-state index is 12.0. The molecule has 0 aliphatic rings. The molecule has 2 rings (SSSR count). The predicted molar refractivity (Wildman–Crippen MR) is 67.3 cm³/mol. The summed E-state index contributed by atoms with van der Waals surface area (Å²) in [5.74, 6) is -0.205. The SMILES string of the molecule is Cc1[nH]ncc1S(=O)(=O)Nc1cc(Cl)ccc1O. The minimum atomic E-state index is -3.80. The Bertz CT molecular complexity index is 681. The van der Waals surface area contributed by atoms with Crippen LogP contribution in [0.4, 0.5) is 5.69 Å². The summed E-state index contributed by atoms with van der Waals surface area (Å²) in [6.07, 6.45) is 1.19. The summed E-state index contributed by atoms with van der Waals surface area (Å²) in [7, 11) is -3.80. The average Bonchev–Trinajstić information content (AvgIpc) is 2.70. The van der Waals surface area contributed by atoms with Gasteiger partial charge in [0.25, 0.3) is 10.0 Å². The fraction of sp³-hybridized carbons (Fsp3) is 0.100. The van der Waals surface area contributed by atoms with E-state index in [-0.39, 0.29) is 16.3 Å². The number of aromatic nitrogens is 2. The quantitative estimate of drug-likeness (QED) is 0.751. The van der Waals surface area contributed by atoms with E-state index in [0.717, 1.165) is 0 Å². The van der Waals surface area contributed by atoms with Crippen LogP contribution in [-0.2, 0) is 10.0 Å². The van der Waals surface area contributed by atoms with Gasteiger partial charge in [0.1, 0.15) is 10.6 Å². The zero-order valence-electron chi connectivity index (χ0n) is 9.31. The van der Waals surface area contributed by atoms with E-state index in [9.17, 15) is 13.5 Å². The molecule has 0 radical (unpaired) electrons. The molecule has 0 aliphatic heterocycles. The lowest BCUT2D eigenvalue weighted by atomic mass is 10.3. The van der Waals surface area contributed by atoms with Crippen LogP contribution in [0.5, 0.6) is 5.75 Å². The molecule has 2 aromatic rings. The minimum Gasteiger partial charge on any atom is -0.506 e. The Morgan fingerprint density at radius 1 is 1.44 bits per heavy atom. The van der Waals surface area contributed by atoms with E-state index >= 15 is 0 Å². The summed E-state index contributed by atoms with van der Waals surface area (Å²) >= 11 is 5.74. The van der Waals surface area contributed by atoms with E-state index in [1.165, 1.54) is 24.4 Å². The van der Waals surface area contributed by atoms with Crippen LogP contribution >= 0.6 is 11.6 Å². The van der Waals surface area contributed by atoms with E-state index in [0.29, 0.717) is 10.7 Å². The van der Waals surface area contributed by atoms with Crippen molar-refractivity contribution in [3.05, 3.63) is 35.1 Å². The Hall–Kier alpha value is -1.73. The number of rotatable bonds is 3. The zero-order chi connectivity index (χ0) is 13.3. The maximum Gasteiger partial charge on any atom is 0.265 e. The van der Waals surface area contributed by atoms with Crippen molar-refractivity contribution in [1.82, 2.24) is 10.2 Å². The molecule has 0 spiro atoms. The molecule has 0 fully saturated rings. The fourth-order valence-corrected chi connectivity index (χ4v) is 2.78. The van der Waals surface area contributed by atoms with Gasteiger partial charge in [-0.25, -0.2) is 8.42 Å². The van der Waals surface area contributed by atoms with Crippen molar-refractivity contribution >= 4 is 27.3 Å². The van der Waals surface area contributed by atoms with Crippen LogP contribution < -0.4 is 4.72 Å². The van der Waals surface area contributed by atoms with E-state index in [1.807, 2.05) is 0 Å². The van der Waals surface area contributed by atoms with Gasteiger partial charge in [0.2, 0.25) is 0 Å². The first-order valence-corrected chi connectivity index (χ1v) is 6.77. The van der Waals surface area contributed by atoms with Gasteiger partial charge in [-0.1, -0.05) is 11.6 Å². The molecule has 8 heteroatoms. The van der Waals surface area contributed by atoms with Gasteiger partial charge in [-0.05, 0) is 25.1 Å². The predicted octanol–water partition coefficient (Wildman–Crippen LogP) is 1.88. The topological polar surface area (TPSA) is 95.1 Å². The van der Waals surface area contributed by atoms with Crippen LogP contribution in [0.25, 0.3) is 0 Å². The molecular weight excluding hydrogens is 278 g/mol. The Kier molecular flexibility index (Phi) is 3.18. The van der Waals surface area contributed by atoms with Crippen molar-refractivity contribution in [2.45, 2.75) is 11.8 Å². The number of phenolic OH excluding ortho intramolecular Hbond substituents is 1. The molecule has 0 saturated carbocycles. The Morgan fingerprint density at radius 3 is 2.78 bits per heavy atom. The van der Waals surface area contributed by atoms with Gasteiger partial charge >= 0.3 is 0 Å². The first-order valence-electron chi connectivity index (χ1n) is 4.91. The van der Waals surface area contributed by atoms with Crippen LogP contribution in [0.15, 0.2) is 29.3 Å². The lowest BCUT2D eigenvalue weighted by Gasteiger charge is -2.09. The second kappa shape index (κ2) is 4.51. The minimum absolute atomic E-state index is 0.0156. The third kappa shape index (κ3) is 2.41. The van der Waals surface area contributed by atoms with Crippen LogP contribution in [0.1, 0.15) is 5.69 Å². The molecule has 0 aliphatic carbocycles. The normalized spacial score (nSPS) is 11.4. The second-order valence-electron chi connectivity index (χ2n) is 3.63. The maximum atomic E-state index is 12.0. The van der Waals surface area contributed by atoms with Crippen LogP contribution in [0.3, 0.4) is 0 Å². The number of phenols is 1. The van der Waals surface area contributed by atoms with Crippen LogP contribution in [0, 0.1) is 6.92 Å². The molecule has 0 saturated heterocycles. The van der Waals surface area contributed by atoms with E-state index in [2.05, 4.69) is 14.9 Å². The number of aryl methyl sites for hydroxylation is 1. The summed E-state index contributed by atoms with van der Waals surface area (Å²) in [5, 5.41) is 16.0. The molecule has 96 valence electrons. The van der Waals surface area contributed by atoms with Gasteiger partial charge in [0.15, 0.2) is 0 Å². The number of hydrogen-bond acceptors (Lipinski definition) is 4. The monoisotopic (exact) mass is 287 g/mol. The standard InChI is InChI=1S/C10H10ClN3O3S/c1-6-10(5-12-13-6)18(16,17)14-8-4-7(11)2-3-9(8)15/h2-5,14-15H,1H3,(H,12,13). The molecule has 0 atom stereocenters. The summed E-state index contributed by atoms with van der Waals surface area (Å²) < 4.78 is 26.3. The summed E-state index contributed by atoms with van der Waals surface area (Å²) in [6.45, 7) is 1.58. The average molecular weight is 288 g/mol. The van der Waals surface area contributed by atoms with Crippen molar-refractivity contribution in [2.75, 3.05) is 4.72 Å². The Labute approximate surface area is 109 Å². The highest BCUT2D eigenvalue weighted by molar-refractivity contribution is 7.92.